The fraction of sp³-hybridized carbons (Fsp3) is 0.364. The van der Waals surface area contributed by atoms with Crippen LogP contribution in [-0.4, -0.2) is 49.1 Å². The van der Waals surface area contributed by atoms with Crippen LogP contribution in [0.1, 0.15) is 18.1 Å². The van der Waals surface area contributed by atoms with Crippen LogP contribution in [0.5, 0.6) is 0 Å². The van der Waals surface area contributed by atoms with E-state index in [2.05, 4.69) is 39.8 Å². The van der Waals surface area contributed by atoms with Gasteiger partial charge < -0.3 is 15.4 Å². The molecule has 1 aliphatic rings. The molecule has 148 valence electrons. The van der Waals surface area contributed by atoms with Crippen LogP contribution in [0.4, 0.5) is 5.69 Å². The molecule has 0 aromatic heterocycles. The Morgan fingerprint density at radius 2 is 1.82 bits per heavy atom. The zero-order valence-electron chi connectivity index (χ0n) is 16.2. The van der Waals surface area contributed by atoms with Gasteiger partial charge in [0.15, 0.2) is 0 Å². The van der Waals surface area contributed by atoms with E-state index < -0.39 is 0 Å². The van der Waals surface area contributed by atoms with Gasteiger partial charge in [-0.25, -0.2) is 0 Å². The molecule has 1 atom stereocenters. The van der Waals surface area contributed by atoms with Gasteiger partial charge in [-0.3, -0.25) is 14.5 Å². The number of rotatable bonds is 7. The summed E-state index contributed by atoms with van der Waals surface area (Å²) in [6, 6.07) is 17.7. The average Bonchev–Trinajstić information content (AvgIpc) is 2.69. The van der Waals surface area contributed by atoms with E-state index in [9.17, 15) is 9.59 Å². The van der Waals surface area contributed by atoms with Crippen LogP contribution >= 0.6 is 0 Å². The van der Waals surface area contributed by atoms with E-state index in [1.807, 2.05) is 18.2 Å². The lowest BCUT2D eigenvalue weighted by Gasteiger charge is -2.33. The molecular formula is C22H27N3O3. The zero-order chi connectivity index (χ0) is 19.8. The number of nitrogens with zero attached hydrogens (tertiary/aromatic N) is 1. The van der Waals surface area contributed by atoms with Crippen LogP contribution in [0.3, 0.4) is 0 Å². The molecule has 6 heteroatoms. The van der Waals surface area contributed by atoms with Crippen molar-refractivity contribution in [1.29, 1.82) is 0 Å². The number of amides is 2. The van der Waals surface area contributed by atoms with Crippen molar-refractivity contribution in [3.8, 4) is 0 Å². The maximum Gasteiger partial charge on any atom is 0.224 e. The summed E-state index contributed by atoms with van der Waals surface area (Å²) in [4.78, 5) is 25.6. The second-order valence-electron chi connectivity index (χ2n) is 7.07. The van der Waals surface area contributed by atoms with Gasteiger partial charge in [0.1, 0.15) is 0 Å². The van der Waals surface area contributed by atoms with Crippen LogP contribution in [0.25, 0.3) is 0 Å². The molecule has 2 aromatic carbocycles. The van der Waals surface area contributed by atoms with Crippen LogP contribution in [0.2, 0.25) is 0 Å². The standard InChI is InChI=1S/C22H27N3O3/c1-17(26)24-20-9-7-18(8-10-20)13-22(27)23-14-21-16-25(11-12-28-21)15-19-5-3-2-4-6-19/h2-10,21H,11-16H2,1H3,(H,23,27)(H,24,26). The number of morpholine rings is 1. The van der Waals surface area contributed by atoms with Crippen LogP contribution in [-0.2, 0) is 27.3 Å². The monoisotopic (exact) mass is 381 g/mol. The number of nitrogens with one attached hydrogen (secondary N) is 2. The van der Waals surface area contributed by atoms with Gasteiger partial charge in [-0.15, -0.1) is 0 Å². The van der Waals surface area contributed by atoms with Gasteiger partial charge in [0, 0.05) is 38.8 Å². The number of ether oxygens (including phenoxy) is 1. The minimum atomic E-state index is -0.112. The average molecular weight is 381 g/mol. The summed E-state index contributed by atoms with van der Waals surface area (Å²) in [6.45, 7) is 5.26. The maximum atomic E-state index is 12.2. The van der Waals surface area contributed by atoms with Crippen molar-refractivity contribution in [2.45, 2.75) is 26.0 Å². The molecule has 1 aliphatic heterocycles. The van der Waals surface area contributed by atoms with Crippen LogP contribution in [0, 0.1) is 0 Å². The van der Waals surface area contributed by atoms with Crippen molar-refractivity contribution in [3.05, 3.63) is 65.7 Å². The van der Waals surface area contributed by atoms with Crippen molar-refractivity contribution in [2.24, 2.45) is 0 Å². The van der Waals surface area contributed by atoms with Gasteiger partial charge in [0.05, 0.1) is 19.1 Å². The Kier molecular flexibility index (Phi) is 7.17. The van der Waals surface area contributed by atoms with E-state index in [4.69, 9.17) is 4.74 Å². The van der Waals surface area contributed by atoms with E-state index >= 15 is 0 Å². The lowest BCUT2D eigenvalue weighted by atomic mass is 10.1. The quantitative estimate of drug-likeness (QED) is 0.771. The summed E-state index contributed by atoms with van der Waals surface area (Å²) >= 11 is 0. The fourth-order valence-electron chi connectivity index (χ4n) is 3.27. The Morgan fingerprint density at radius 1 is 1.07 bits per heavy atom. The third kappa shape index (κ3) is 6.48. The first-order chi connectivity index (χ1) is 13.6. The van der Waals surface area contributed by atoms with Gasteiger partial charge in [0.25, 0.3) is 0 Å². The highest BCUT2D eigenvalue weighted by Gasteiger charge is 2.21. The molecule has 0 spiro atoms. The van der Waals surface area contributed by atoms with E-state index in [1.165, 1.54) is 12.5 Å². The lowest BCUT2D eigenvalue weighted by Crippen LogP contribution is -2.47. The number of carbonyl (C=O) groups excluding carboxylic acids is 2. The van der Waals surface area contributed by atoms with Gasteiger partial charge in [0.2, 0.25) is 11.8 Å². The third-order valence-electron chi connectivity index (χ3n) is 4.64. The Morgan fingerprint density at radius 3 is 2.54 bits per heavy atom. The van der Waals surface area contributed by atoms with Crippen molar-refractivity contribution in [1.82, 2.24) is 10.2 Å². The lowest BCUT2D eigenvalue weighted by molar-refractivity contribution is -0.121. The Labute approximate surface area is 165 Å². The SMILES string of the molecule is CC(=O)Nc1ccc(CC(=O)NCC2CN(Cc3ccccc3)CCO2)cc1. The van der Waals surface area contributed by atoms with Crippen molar-refractivity contribution in [3.63, 3.8) is 0 Å². The Hall–Kier alpha value is -2.70. The first-order valence-electron chi connectivity index (χ1n) is 9.59. The molecule has 2 amide bonds. The molecule has 2 N–H and O–H groups in total. The van der Waals surface area contributed by atoms with E-state index in [0.717, 1.165) is 30.9 Å². The molecule has 3 rings (SSSR count). The van der Waals surface area contributed by atoms with Crippen LogP contribution < -0.4 is 10.6 Å². The number of anilines is 1. The molecular weight excluding hydrogens is 354 g/mol. The molecule has 2 aromatic rings. The second-order valence-corrected chi connectivity index (χ2v) is 7.07. The molecule has 0 saturated carbocycles. The number of hydrogen-bond acceptors (Lipinski definition) is 4. The van der Waals surface area contributed by atoms with Crippen molar-refractivity contribution in [2.75, 3.05) is 31.6 Å². The van der Waals surface area contributed by atoms with E-state index in [0.29, 0.717) is 19.6 Å². The van der Waals surface area contributed by atoms with Crippen LogP contribution in [0.15, 0.2) is 54.6 Å². The molecule has 1 heterocycles. The molecule has 1 saturated heterocycles. The molecule has 28 heavy (non-hydrogen) atoms. The molecule has 0 bridgehead atoms. The largest absolute Gasteiger partial charge is 0.374 e. The van der Waals surface area contributed by atoms with Crippen molar-refractivity contribution < 1.29 is 14.3 Å². The minimum absolute atomic E-state index is 0.00329. The highest BCUT2D eigenvalue weighted by molar-refractivity contribution is 5.88. The summed E-state index contributed by atoms with van der Waals surface area (Å²) < 4.78 is 5.80. The number of carbonyl (C=O) groups is 2. The Balaban J connectivity index is 1.41. The second kappa shape index (κ2) is 10.0. The Bertz CT molecular complexity index is 777. The normalized spacial score (nSPS) is 17.1. The highest BCUT2D eigenvalue weighted by Crippen LogP contribution is 2.11. The minimum Gasteiger partial charge on any atom is -0.374 e. The molecule has 6 nitrogen and oxygen atoms in total. The first kappa shape index (κ1) is 20.0. The van der Waals surface area contributed by atoms with Crippen molar-refractivity contribution >= 4 is 17.5 Å². The first-order valence-corrected chi connectivity index (χ1v) is 9.59. The van der Waals surface area contributed by atoms with Gasteiger partial charge in [-0.2, -0.15) is 0 Å². The smallest absolute Gasteiger partial charge is 0.224 e. The van der Waals surface area contributed by atoms with Gasteiger partial charge >= 0.3 is 0 Å². The summed E-state index contributed by atoms with van der Waals surface area (Å²) in [5.41, 5.74) is 2.92. The fourth-order valence-corrected chi connectivity index (χ4v) is 3.27. The van der Waals surface area contributed by atoms with Gasteiger partial charge in [-0.1, -0.05) is 42.5 Å². The van der Waals surface area contributed by atoms with E-state index in [1.54, 1.807) is 12.1 Å². The number of benzene rings is 2. The number of hydrogen-bond donors (Lipinski definition) is 2. The topological polar surface area (TPSA) is 70.7 Å². The molecule has 1 unspecified atom stereocenters. The highest BCUT2D eigenvalue weighted by atomic mass is 16.5. The molecule has 0 aliphatic carbocycles. The van der Waals surface area contributed by atoms with E-state index in [-0.39, 0.29) is 17.9 Å². The molecule has 1 fully saturated rings. The third-order valence-corrected chi connectivity index (χ3v) is 4.64. The zero-order valence-corrected chi connectivity index (χ0v) is 16.2. The van der Waals surface area contributed by atoms with Gasteiger partial charge in [-0.05, 0) is 23.3 Å². The summed E-state index contributed by atoms with van der Waals surface area (Å²) in [7, 11) is 0. The predicted molar refractivity (Wildman–Crippen MR) is 109 cm³/mol. The predicted octanol–water partition coefficient (Wildman–Crippen LogP) is 2.20. The maximum absolute atomic E-state index is 12.2. The summed E-state index contributed by atoms with van der Waals surface area (Å²) in [5, 5.41) is 5.69. The molecule has 0 radical (unpaired) electrons. The summed E-state index contributed by atoms with van der Waals surface area (Å²) in [5.74, 6) is -0.143. The summed E-state index contributed by atoms with van der Waals surface area (Å²) in [6.07, 6.45) is 0.310.